The molecule has 1 saturated heterocycles. The third-order valence-electron chi connectivity index (χ3n) is 4.70. The second-order valence-corrected chi connectivity index (χ2v) is 7.14. The molecular weight excluding hydrogens is 370 g/mol. The van der Waals surface area contributed by atoms with Gasteiger partial charge in [-0.3, -0.25) is 0 Å². The fourth-order valence-corrected chi connectivity index (χ4v) is 3.45. The van der Waals surface area contributed by atoms with Crippen LogP contribution in [0, 0.1) is 0 Å². The van der Waals surface area contributed by atoms with E-state index in [4.69, 9.17) is 33.3 Å². The van der Waals surface area contributed by atoms with Crippen molar-refractivity contribution in [1.82, 2.24) is 10.3 Å². The van der Waals surface area contributed by atoms with Gasteiger partial charge in [-0.15, -0.1) is 0 Å². The maximum Gasteiger partial charge on any atom is 0.213 e. The van der Waals surface area contributed by atoms with Crippen LogP contribution in [0.3, 0.4) is 0 Å². The smallest absolute Gasteiger partial charge is 0.213 e. The summed E-state index contributed by atoms with van der Waals surface area (Å²) in [5.41, 5.74) is 2.05. The Labute approximate surface area is 164 Å². The number of nitrogens with one attached hydrogen (secondary N) is 2. The summed E-state index contributed by atoms with van der Waals surface area (Å²) < 4.78 is 10.6. The summed E-state index contributed by atoms with van der Waals surface area (Å²) in [6.07, 6.45) is 3.57. The summed E-state index contributed by atoms with van der Waals surface area (Å²) in [6.45, 7) is 2.22. The van der Waals surface area contributed by atoms with Gasteiger partial charge in [-0.1, -0.05) is 23.7 Å². The van der Waals surface area contributed by atoms with Gasteiger partial charge < -0.3 is 20.1 Å². The summed E-state index contributed by atoms with van der Waals surface area (Å²) in [4.78, 5) is 4.17. The van der Waals surface area contributed by atoms with E-state index in [1.54, 1.807) is 19.4 Å². The standard InChI is InChI=1S/C19H22ClN3O2S/c1-24-17-7-6-16(12-21-17)23-18(26)22-13-19(8-10-25-11-9-19)14-2-4-15(20)5-3-14/h2-7,12H,8-11,13H2,1H3,(H2,22,23,26). The average Bonchev–Trinajstić information content (AvgIpc) is 2.68. The molecule has 0 saturated carbocycles. The minimum atomic E-state index is -0.0211. The molecule has 2 N–H and O–H groups in total. The van der Waals surface area contributed by atoms with E-state index in [-0.39, 0.29) is 5.41 Å². The largest absolute Gasteiger partial charge is 0.481 e. The molecule has 1 aliphatic rings. The molecule has 0 atom stereocenters. The third-order valence-corrected chi connectivity index (χ3v) is 5.20. The number of methoxy groups -OCH3 is 1. The minimum absolute atomic E-state index is 0.0211. The molecule has 0 aliphatic carbocycles. The van der Waals surface area contributed by atoms with Gasteiger partial charge in [0.15, 0.2) is 5.11 Å². The lowest BCUT2D eigenvalue weighted by molar-refractivity contribution is 0.0515. The number of ether oxygens (including phenoxy) is 2. The molecule has 2 aromatic rings. The van der Waals surface area contributed by atoms with Crippen LogP contribution in [0.15, 0.2) is 42.6 Å². The lowest BCUT2D eigenvalue weighted by atomic mass is 9.74. The number of benzene rings is 1. The van der Waals surface area contributed by atoms with Gasteiger partial charge in [0.1, 0.15) is 0 Å². The first-order valence-corrected chi connectivity index (χ1v) is 9.29. The van der Waals surface area contributed by atoms with E-state index in [1.165, 1.54) is 5.56 Å². The zero-order valence-corrected chi connectivity index (χ0v) is 16.2. The lowest BCUT2D eigenvalue weighted by Gasteiger charge is -2.38. The molecule has 0 amide bonds. The number of hydrogen-bond donors (Lipinski definition) is 2. The van der Waals surface area contributed by atoms with Crippen molar-refractivity contribution in [3.05, 3.63) is 53.2 Å². The number of pyridine rings is 1. The maximum absolute atomic E-state index is 6.05. The van der Waals surface area contributed by atoms with E-state index in [0.29, 0.717) is 11.0 Å². The number of rotatable bonds is 5. The maximum atomic E-state index is 6.05. The van der Waals surface area contributed by atoms with Crippen LogP contribution in [-0.4, -0.2) is 37.0 Å². The highest BCUT2D eigenvalue weighted by Crippen LogP contribution is 2.34. The number of anilines is 1. The zero-order chi connectivity index (χ0) is 18.4. The molecule has 0 unspecified atom stereocenters. The van der Waals surface area contributed by atoms with Crippen molar-refractivity contribution in [2.24, 2.45) is 0 Å². The Bertz CT molecular complexity index is 731. The van der Waals surface area contributed by atoms with Crippen LogP contribution in [-0.2, 0) is 10.2 Å². The summed E-state index contributed by atoms with van der Waals surface area (Å²) in [7, 11) is 1.59. The Morgan fingerprint density at radius 2 is 1.96 bits per heavy atom. The highest BCUT2D eigenvalue weighted by Gasteiger charge is 2.34. The second-order valence-electron chi connectivity index (χ2n) is 6.30. The summed E-state index contributed by atoms with van der Waals surface area (Å²) >= 11 is 11.5. The Balaban J connectivity index is 1.65. The fraction of sp³-hybridized carbons (Fsp3) is 0.368. The SMILES string of the molecule is COc1ccc(NC(=S)NCC2(c3ccc(Cl)cc3)CCOCC2)cn1. The molecule has 1 aromatic heterocycles. The molecule has 0 bridgehead atoms. The van der Waals surface area contributed by atoms with Crippen LogP contribution >= 0.6 is 23.8 Å². The molecule has 3 rings (SSSR count). The average molecular weight is 392 g/mol. The van der Waals surface area contributed by atoms with Crippen molar-refractivity contribution in [1.29, 1.82) is 0 Å². The van der Waals surface area contributed by atoms with Crippen LogP contribution < -0.4 is 15.4 Å². The highest BCUT2D eigenvalue weighted by atomic mass is 35.5. The number of halogens is 1. The normalized spacial score (nSPS) is 15.9. The van der Waals surface area contributed by atoms with Crippen molar-refractivity contribution < 1.29 is 9.47 Å². The van der Waals surface area contributed by atoms with Gasteiger partial charge in [0.05, 0.1) is 19.0 Å². The molecule has 1 fully saturated rings. The summed E-state index contributed by atoms with van der Waals surface area (Å²) in [5, 5.41) is 7.83. The van der Waals surface area contributed by atoms with E-state index in [1.807, 2.05) is 18.2 Å². The van der Waals surface area contributed by atoms with Gasteiger partial charge in [-0.25, -0.2) is 4.98 Å². The van der Waals surface area contributed by atoms with Crippen molar-refractivity contribution in [3.8, 4) is 5.88 Å². The second kappa shape index (κ2) is 8.66. The van der Waals surface area contributed by atoms with Crippen LogP contribution in [0.1, 0.15) is 18.4 Å². The monoisotopic (exact) mass is 391 g/mol. The predicted molar refractivity (Wildman–Crippen MR) is 108 cm³/mol. The van der Waals surface area contributed by atoms with Crippen molar-refractivity contribution in [3.63, 3.8) is 0 Å². The molecule has 5 nitrogen and oxygen atoms in total. The quantitative estimate of drug-likeness (QED) is 0.756. The Hall–Kier alpha value is -1.89. The first-order valence-electron chi connectivity index (χ1n) is 8.50. The van der Waals surface area contributed by atoms with Gasteiger partial charge >= 0.3 is 0 Å². The number of nitrogens with zero attached hydrogens (tertiary/aromatic N) is 1. The van der Waals surface area contributed by atoms with Crippen molar-refractivity contribution in [2.75, 3.05) is 32.2 Å². The molecule has 1 aromatic carbocycles. The van der Waals surface area contributed by atoms with Crippen LogP contribution in [0.4, 0.5) is 5.69 Å². The highest BCUT2D eigenvalue weighted by molar-refractivity contribution is 7.80. The Morgan fingerprint density at radius 1 is 1.23 bits per heavy atom. The fourth-order valence-electron chi connectivity index (χ4n) is 3.13. The topological polar surface area (TPSA) is 55.4 Å². The molecule has 1 aliphatic heterocycles. The molecule has 26 heavy (non-hydrogen) atoms. The number of hydrogen-bond acceptors (Lipinski definition) is 4. The number of aromatic nitrogens is 1. The number of thiocarbonyl (C=S) groups is 1. The predicted octanol–water partition coefficient (Wildman–Crippen LogP) is 3.78. The third kappa shape index (κ3) is 4.63. The van der Waals surface area contributed by atoms with Crippen LogP contribution in [0.5, 0.6) is 5.88 Å². The lowest BCUT2D eigenvalue weighted by Crippen LogP contribution is -2.45. The van der Waals surface area contributed by atoms with E-state index >= 15 is 0 Å². The first kappa shape index (κ1) is 18.9. The molecule has 138 valence electrons. The Morgan fingerprint density at radius 3 is 2.58 bits per heavy atom. The van der Waals surface area contributed by atoms with Crippen molar-refractivity contribution in [2.45, 2.75) is 18.3 Å². The molecule has 0 spiro atoms. The van der Waals surface area contributed by atoms with E-state index in [0.717, 1.165) is 43.3 Å². The zero-order valence-electron chi connectivity index (χ0n) is 14.6. The molecular formula is C19H22ClN3O2S. The van der Waals surface area contributed by atoms with E-state index in [2.05, 4.69) is 27.8 Å². The van der Waals surface area contributed by atoms with E-state index in [9.17, 15) is 0 Å². The summed E-state index contributed by atoms with van der Waals surface area (Å²) in [6, 6.07) is 11.7. The van der Waals surface area contributed by atoms with Crippen molar-refractivity contribution >= 4 is 34.6 Å². The molecule has 7 heteroatoms. The Kier molecular flexibility index (Phi) is 6.29. The van der Waals surface area contributed by atoms with E-state index < -0.39 is 0 Å². The van der Waals surface area contributed by atoms with Crippen LogP contribution in [0.2, 0.25) is 5.02 Å². The van der Waals surface area contributed by atoms with Crippen LogP contribution in [0.25, 0.3) is 0 Å². The molecule has 0 radical (unpaired) electrons. The molecule has 2 heterocycles. The van der Waals surface area contributed by atoms with Gasteiger partial charge in [0, 0.05) is 36.3 Å². The van der Waals surface area contributed by atoms with Gasteiger partial charge in [0.2, 0.25) is 5.88 Å². The van der Waals surface area contributed by atoms with Gasteiger partial charge in [-0.05, 0) is 48.8 Å². The summed E-state index contributed by atoms with van der Waals surface area (Å²) in [5.74, 6) is 0.568. The first-order chi connectivity index (χ1) is 12.6. The van der Waals surface area contributed by atoms with Gasteiger partial charge in [0.25, 0.3) is 0 Å². The minimum Gasteiger partial charge on any atom is -0.481 e. The van der Waals surface area contributed by atoms with Gasteiger partial charge in [-0.2, -0.15) is 0 Å².